The Labute approximate surface area is 152 Å². The van der Waals surface area contributed by atoms with E-state index in [1.54, 1.807) is 5.38 Å². The summed E-state index contributed by atoms with van der Waals surface area (Å²) in [5.41, 5.74) is 2.11. The lowest BCUT2D eigenvalue weighted by atomic mass is 10.0. The molecule has 2 aromatic rings. The summed E-state index contributed by atoms with van der Waals surface area (Å²) in [6, 6.07) is 7.53. The minimum atomic E-state index is -0.0504. The number of rotatable bonds is 10. The highest BCUT2D eigenvalue weighted by molar-refractivity contribution is 7.13. The van der Waals surface area contributed by atoms with Crippen molar-refractivity contribution < 1.29 is 9.59 Å². The van der Waals surface area contributed by atoms with E-state index in [2.05, 4.69) is 22.5 Å². The lowest BCUT2D eigenvalue weighted by Crippen LogP contribution is -2.25. The van der Waals surface area contributed by atoms with Gasteiger partial charge in [-0.2, -0.15) is 0 Å². The first kappa shape index (κ1) is 19.1. The third-order valence-corrected chi connectivity index (χ3v) is 4.64. The van der Waals surface area contributed by atoms with Crippen LogP contribution >= 0.6 is 11.3 Å². The van der Waals surface area contributed by atoms with Crippen LogP contribution in [0.5, 0.6) is 0 Å². The van der Waals surface area contributed by atoms with E-state index in [9.17, 15) is 9.59 Å². The first-order chi connectivity index (χ1) is 12.1. The number of nitrogens with one attached hydrogen (secondary N) is 2. The molecular weight excluding hydrogens is 334 g/mol. The average molecular weight is 359 g/mol. The maximum atomic E-state index is 12.5. The molecule has 0 aliphatic heterocycles. The fraction of sp³-hybridized carbons (Fsp3) is 0.421. The molecule has 134 valence electrons. The minimum Gasteiger partial charge on any atom is -0.361 e. The van der Waals surface area contributed by atoms with Gasteiger partial charge in [-0.05, 0) is 25.3 Å². The van der Waals surface area contributed by atoms with Crippen LogP contribution < -0.4 is 10.6 Å². The fourth-order valence-corrected chi connectivity index (χ4v) is 3.08. The second kappa shape index (κ2) is 9.93. The Hall–Kier alpha value is -2.21. The molecule has 0 unspecified atom stereocenters. The number of unbranched alkanes of at least 4 members (excludes halogenated alkanes) is 1. The van der Waals surface area contributed by atoms with Crippen LogP contribution in [-0.2, 0) is 4.79 Å². The molecule has 0 radical (unpaired) electrons. The highest BCUT2D eigenvalue weighted by Crippen LogP contribution is 2.19. The van der Waals surface area contributed by atoms with Crippen molar-refractivity contribution in [3.05, 3.63) is 46.5 Å². The molecule has 0 aliphatic rings. The van der Waals surface area contributed by atoms with Crippen molar-refractivity contribution in [1.82, 2.24) is 10.3 Å². The number of benzene rings is 1. The van der Waals surface area contributed by atoms with E-state index in [1.807, 2.05) is 31.2 Å². The molecule has 6 heteroatoms. The predicted octanol–water partition coefficient (Wildman–Crippen LogP) is 3.79. The van der Waals surface area contributed by atoms with E-state index >= 15 is 0 Å². The molecule has 1 amide bonds. The van der Waals surface area contributed by atoms with Gasteiger partial charge in [0.15, 0.2) is 5.13 Å². The molecule has 0 saturated heterocycles. The maximum absolute atomic E-state index is 12.5. The van der Waals surface area contributed by atoms with E-state index < -0.39 is 0 Å². The van der Waals surface area contributed by atoms with Gasteiger partial charge in [0.1, 0.15) is 5.69 Å². The van der Waals surface area contributed by atoms with E-state index in [4.69, 9.17) is 0 Å². The lowest BCUT2D eigenvalue weighted by Gasteiger charge is -2.05. The predicted molar refractivity (Wildman–Crippen MR) is 102 cm³/mol. The number of carbonyl (C=O) groups excluding carboxylic acids is 2. The van der Waals surface area contributed by atoms with Crippen LogP contribution in [0.15, 0.2) is 29.6 Å². The van der Waals surface area contributed by atoms with E-state index in [1.165, 1.54) is 11.3 Å². The Morgan fingerprint density at radius 1 is 1.16 bits per heavy atom. The molecule has 1 aromatic heterocycles. The molecule has 0 saturated carbocycles. The van der Waals surface area contributed by atoms with Crippen molar-refractivity contribution in [3.8, 4) is 0 Å². The summed E-state index contributed by atoms with van der Waals surface area (Å²) in [5, 5.41) is 8.62. The number of aromatic nitrogens is 1. The SMILES string of the molecule is CCCCC(=O)NCCCNc1nc(C(=O)c2ccccc2C)cs1. The monoisotopic (exact) mass is 359 g/mol. The van der Waals surface area contributed by atoms with Crippen molar-refractivity contribution in [2.75, 3.05) is 18.4 Å². The molecular formula is C19H25N3O2S. The largest absolute Gasteiger partial charge is 0.361 e. The van der Waals surface area contributed by atoms with Crippen LogP contribution in [-0.4, -0.2) is 29.8 Å². The second-order valence-corrected chi connectivity index (χ2v) is 6.77. The molecule has 0 bridgehead atoms. The highest BCUT2D eigenvalue weighted by Gasteiger charge is 2.14. The molecule has 25 heavy (non-hydrogen) atoms. The first-order valence-electron chi connectivity index (χ1n) is 8.68. The summed E-state index contributed by atoms with van der Waals surface area (Å²) >= 11 is 1.42. The van der Waals surface area contributed by atoms with Gasteiger partial charge in [0.25, 0.3) is 0 Å². The minimum absolute atomic E-state index is 0.0504. The van der Waals surface area contributed by atoms with Gasteiger partial charge in [-0.3, -0.25) is 9.59 Å². The summed E-state index contributed by atoms with van der Waals surface area (Å²) in [5.74, 6) is 0.0628. The van der Waals surface area contributed by atoms with E-state index in [-0.39, 0.29) is 11.7 Å². The van der Waals surface area contributed by atoms with Gasteiger partial charge in [-0.25, -0.2) is 4.98 Å². The number of nitrogens with zero attached hydrogens (tertiary/aromatic N) is 1. The third kappa shape index (κ3) is 5.98. The number of thiazole rings is 1. The van der Waals surface area contributed by atoms with Crippen molar-refractivity contribution in [3.63, 3.8) is 0 Å². The van der Waals surface area contributed by atoms with Gasteiger partial charge in [-0.1, -0.05) is 37.6 Å². The molecule has 2 N–H and O–H groups in total. The van der Waals surface area contributed by atoms with Gasteiger partial charge >= 0.3 is 0 Å². The molecule has 5 nitrogen and oxygen atoms in total. The van der Waals surface area contributed by atoms with Crippen molar-refractivity contribution in [2.24, 2.45) is 0 Å². The zero-order chi connectivity index (χ0) is 18.1. The summed E-state index contributed by atoms with van der Waals surface area (Å²) in [6.07, 6.45) is 3.38. The van der Waals surface area contributed by atoms with Crippen LogP contribution in [0.25, 0.3) is 0 Å². The second-order valence-electron chi connectivity index (χ2n) is 5.92. The lowest BCUT2D eigenvalue weighted by molar-refractivity contribution is -0.121. The van der Waals surface area contributed by atoms with Gasteiger partial charge in [0, 0.05) is 30.5 Å². The molecule has 0 aliphatic carbocycles. The zero-order valence-corrected chi connectivity index (χ0v) is 15.6. The quantitative estimate of drug-likeness (QED) is 0.500. The van der Waals surface area contributed by atoms with Gasteiger partial charge in [0.2, 0.25) is 11.7 Å². The molecule has 0 fully saturated rings. The number of anilines is 1. The molecule has 1 aromatic carbocycles. The van der Waals surface area contributed by atoms with Gasteiger partial charge in [-0.15, -0.1) is 11.3 Å². The fourth-order valence-electron chi connectivity index (χ4n) is 2.36. The number of amides is 1. The molecule has 2 rings (SSSR count). The zero-order valence-electron chi connectivity index (χ0n) is 14.8. The summed E-state index contributed by atoms with van der Waals surface area (Å²) in [4.78, 5) is 28.4. The number of hydrogen-bond donors (Lipinski definition) is 2. The maximum Gasteiger partial charge on any atom is 0.219 e. The topological polar surface area (TPSA) is 71.1 Å². The number of hydrogen-bond acceptors (Lipinski definition) is 5. The average Bonchev–Trinajstić information content (AvgIpc) is 3.08. The van der Waals surface area contributed by atoms with E-state index in [0.29, 0.717) is 30.8 Å². The standard InChI is InChI=1S/C19H25N3O2S/c1-3-4-10-17(23)20-11-7-12-21-19-22-16(13-25-19)18(24)15-9-6-5-8-14(15)2/h5-6,8-9,13H,3-4,7,10-12H2,1-2H3,(H,20,23)(H,21,22). The van der Waals surface area contributed by atoms with Crippen molar-refractivity contribution >= 4 is 28.2 Å². The first-order valence-corrected chi connectivity index (χ1v) is 9.56. The Kier molecular flexibility index (Phi) is 7.60. The van der Waals surface area contributed by atoms with Gasteiger partial charge < -0.3 is 10.6 Å². The smallest absolute Gasteiger partial charge is 0.219 e. The van der Waals surface area contributed by atoms with Crippen molar-refractivity contribution in [1.29, 1.82) is 0 Å². The molecule has 0 spiro atoms. The van der Waals surface area contributed by atoms with Gasteiger partial charge in [0.05, 0.1) is 0 Å². The van der Waals surface area contributed by atoms with Crippen LogP contribution in [0.3, 0.4) is 0 Å². The molecule has 1 heterocycles. The Morgan fingerprint density at radius 3 is 2.72 bits per heavy atom. The number of aryl methyl sites for hydroxylation is 1. The summed E-state index contributed by atoms with van der Waals surface area (Å²) < 4.78 is 0. The number of ketones is 1. The Balaban J connectivity index is 1.75. The Bertz CT molecular complexity index is 712. The van der Waals surface area contributed by atoms with Crippen LogP contribution in [0.1, 0.15) is 54.2 Å². The van der Waals surface area contributed by atoms with Crippen molar-refractivity contribution in [2.45, 2.75) is 39.5 Å². The normalized spacial score (nSPS) is 10.5. The highest BCUT2D eigenvalue weighted by atomic mass is 32.1. The van der Waals surface area contributed by atoms with Crippen LogP contribution in [0, 0.1) is 6.92 Å². The number of carbonyl (C=O) groups is 2. The molecule has 0 atom stereocenters. The van der Waals surface area contributed by atoms with E-state index in [0.717, 1.165) is 30.0 Å². The summed E-state index contributed by atoms with van der Waals surface area (Å²) in [6.45, 7) is 5.35. The van der Waals surface area contributed by atoms with Crippen LogP contribution in [0.2, 0.25) is 0 Å². The van der Waals surface area contributed by atoms with Crippen LogP contribution in [0.4, 0.5) is 5.13 Å². The third-order valence-electron chi connectivity index (χ3n) is 3.84. The Morgan fingerprint density at radius 2 is 1.96 bits per heavy atom. The summed E-state index contributed by atoms with van der Waals surface area (Å²) in [7, 11) is 0.